The Morgan fingerprint density at radius 2 is 2.26 bits per heavy atom. The number of ether oxygens (including phenoxy) is 1. The number of hydrogen-bond acceptors (Lipinski definition) is 4. The molecule has 1 rings (SSSR count). The molecule has 0 aliphatic heterocycles. The van der Waals surface area contributed by atoms with Crippen LogP contribution < -0.4 is 15.8 Å². The Kier molecular flexibility index (Phi) is 6.15. The molecule has 106 valence electrons. The molecule has 5 nitrogen and oxygen atoms in total. The zero-order valence-corrected chi connectivity index (χ0v) is 11.5. The summed E-state index contributed by atoms with van der Waals surface area (Å²) >= 11 is 0. The highest BCUT2D eigenvalue weighted by molar-refractivity contribution is 5.66. The maximum absolute atomic E-state index is 10.4. The molecular weight excluding hydrogens is 244 g/mol. The molecule has 1 unspecified atom stereocenters. The minimum Gasteiger partial charge on any atom is -0.495 e. The number of nitrogen functional groups attached to an aromatic ring is 1. The highest BCUT2D eigenvalue weighted by Crippen LogP contribution is 2.22. The molecule has 0 spiro atoms. The van der Waals surface area contributed by atoms with Crippen LogP contribution in [-0.4, -0.2) is 30.8 Å². The van der Waals surface area contributed by atoms with Crippen molar-refractivity contribution in [3.63, 3.8) is 0 Å². The number of aliphatic carboxylic acids is 1. The van der Waals surface area contributed by atoms with E-state index in [4.69, 9.17) is 15.6 Å². The molecule has 0 amide bonds. The molecule has 1 aromatic carbocycles. The van der Waals surface area contributed by atoms with Crippen molar-refractivity contribution in [1.82, 2.24) is 5.32 Å². The maximum atomic E-state index is 10.4. The van der Waals surface area contributed by atoms with Crippen LogP contribution in [0.5, 0.6) is 5.75 Å². The van der Waals surface area contributed by atoms with Crippen LogP contribution in [-0.2, 0) is 11.2 Å². The predicted molar refractivity (Wildman–Crippen MR) is 75.4 cm³/mol. The van der Waals surface area contributed by atoms with Gasteiger partial charge in [0.15, 0.2) is 0 Å². The number of carboxylic acid groups (broad SMARTS) is 1. The summed E-state index contributed by atoms with van der Waals surface area (Å²) in [5, 5.41) is 11.8. The summed E-state index contributed by atoms with van der Waals surface area (Å²) in [4.78, 5) is 10.4. The first-order chi connectivity index (χ1) is 9.02. The Bertz CT molecular complexity index is 421. The van der Waals surface area contributed by atoms with Crippen molar-refractivity contribution in [2.75, 3.05) is 19.4 Å². The summed E-state index contributed by atoms with van der Waals surface area (Å²) in [6.45, 7) is 2.78. The van der Waals surface area contributed by atoms with E-state index in [-0.39, 0.29) is 12.5 Å². The van der Waals surface area contributed by atoms with Gasteiger partial charge < -0.3 is 20.9 Å². The van der Waals surface area contributed by atoms with Crippen LogP contribution in [0, 0.1) is 0 Å². The van der Waals surface area contributed by atoms with Crippen molar-refractivity contribution in [3.05, 3.63) is 23.8 Å². The fourth-order valence-electron chi connectivity index (χ4n) is 1.92. The van der Waals surface area contributed by atoms with E-state index in [0.29, 0.717) is 24.4 Å². The second kappa shape index (κ2) is 7.63. The van der Waals surface area contributed by atoms with Crippen LogP contribution in [0.4, 0.5) is 5.69 Å². The van der Waals surface area contributed by atoms with Gasteiger partial charge in [0.1, 0.15) is 5.75 Å². The molecule has 0 heterocycles. The highest BCUT2D eigenvalue weighted by atomic mass is 16.5. The normalized spacial score (nSPS) is 12.1. The molecule has 0 fully saturated rings. The van der Waals surface area contributed by atoms with E-state index in [1.807, 2.05) is 18.2 Å². The molecule has 4 N–H and O–H groups in total. The summed E-state index contributed by atoms with van der Waals surface area (Å²) in [5.74, 6) is -0.0665. The third-order valence-corrected chi connectivity index (χ3v) is 2.90. The number of rotatable bonds is 8. The average molecular weight is 266 g/mol. The number of hydrogen-bond donors (Lipinski definition) is 3. The van der Waals surface area contributed by atoms with Gasteiger partial charge in [-0.15, -0.1) is 0 Å². The third-order valence-electron chi connectivity index (χ3n) is 2.90. The van der Waals surface area contributed by atoms with Crippen molar-refractivity contribution >= 4 is 11.7 Å². The van der Waals surface area contributed by atoms with Gasteiger partial charge in [0, 0.05) is 12.5 Å². The molecule has 19 heavy (non-hydrogen) atoms. The number of methoxy groups -OCH3 is 1. The van der Waals surface area contributed by atoms with Crippen LogP contribution in [0.15, 0.2) is 18.2 Å². The lowest BCUT2D eigenvalue weighted by atomic mass is 10.1. The largest absolute Gasteiger partial charge is 0.495 e. The highest BCUT2D eigenvalue weighted by Gasteiger charge is 2.06. The lowest BCUT2D eigenvalue weighted by Crippen LogP contribution is -2.29. The van der Waals surface area contributed by atoms with E-state index in [1.54, 1.807) is 7.11 Å². The molecule has 5 heteroatoms. The molecule has 0 radical (unpaired) electrons. The van der Waals surface area contributed by atoms with Gasteiger partial charge in [0.25, 0.3) is 0 Å². The minimum atomic E-state index is -0.752. The second-order valence-corrected chi connectivity index (χ2v) is 4.63. The number of benzene rings is 1. The van der Waals surface area contributed by atoms with E-state index in [0.717, 1.165) is 12.0 Å². The summed E-state index contributed by atoms with van der Waals surface area (Å²) in [6, 6.07) is 6.04. The number of carbonyl (C=O) groups is 1. The van der Waals surface area contributed by atoms with Gasteiger partial charge in [-0.25, -0.2) is 0 Å². The lowest BCUT2D eigenvalue weighted by molar-refractivity contribution is -0.137. The molecule has 0 bridgehead atoms. The summed E-state index contributed by atoms with van der Waals surface area (Å²) < 4.78 is 5.11. The SMILES string of the molecule is COc1ccc(CC(C)NCCCC(=O)O)cc1N. The lowest BCUT2D eigenvalue weighted by Gasteiger charge is -2.14. The Balaban J connectivity index is 2.37. The van der Waals surface area contributed by atoms with E-state index >= 15 is 0 Å². The topological polar surface area (TPSA) is 84.6 Å². The molecule has 0 aliphatic rings. The first-order valence-electron chi connectivity index (χ1n) is 6.40. The average Bonchev–Trinajstić information content (AvgIpc) is 2.35. The van der Waals surface area contributed by atoms with E-state index in [1.165, 1.54) is 0 Å². The van der Waals surface area contributed by atoms with Gasteiger partial charge in [-0.1, -0.05) is 6.07 Å². The zero-order chi connectivity index (χ0) is 14.3. The Hall–Kier alpha value is -1.75. The van der Waals surface area contributed by atoms with E-state index in [9.17, 15) is 4.79 Å². The monoisotopic (exact) mass is 266 g/mol. The van der Waals surface area contributed by atoms with Crippen molar-refractivity contribution in [3.8, 4) is 5.75 Å². The molecule has 0 saturated heterocycles. The first kappa shape index (κ1) is 15.3. The van der Waals surface area contributed by atoms with Gasteiger partial charge in [-0.2, -0.15) is 0 Å². The molecule has 0 saturated carbocycles. The molecule has 1 aromatic rings. The first-order valence-corrected chi connectivity index (χ1v) is 6.40. The number of nitrogens with two attached hydrogens (primary N) is 1. The maximum Gasteiger partial charge on any atom is 0.303 e. The van der Waals surface area contributed by atoms with E-state index in [2.05, 4.69) is 12.2 Å². The van der Waals surface area contributed by atoms with Crippen LogP contribution >= 0.6 is 0 Å². The van der Waals surface area contributed by atoms with Gasteiger partial charge in [0.2, 0.25) is 0 Å². The molecule has 0 aromatic heterocycles. The smallest absolute Gasteiger partial charge is 0.303 e. The molecular formula is C14H22N2O3. The molecule has 1 atom stereocenters. The van der Waals surface area contributed by atoms with Crippen LogP contribution in [0.2, 0.25) is 0 Å². The Labute approximate surface area is 113 Å². The Morgan fingerprint density at radius 1 is 1.53 bits per heavy atom. The minimum absolute atomic E-state index is 0.204. The third kappa shape index (κ3) is 5.61. The summed E-state index contributed by atoms with van der Waals surface area (Å²) in [7, 11) is 1.60. The summed E-state index contributed by atoms with van der Waals surface area (Å²) in [5.41, 5.74) is 7.62. The van der Waals surface area contributed by atoms with E-state index < -0.39 is 5.97 Å². The van der Waals surface area contributed by atoms with Crippen molar-refractivity contribution in [2.45, 2.75) is 32.2 Å². The fourth-order valence-corrected chi connectivity index (χ4v) is 1.92. The standard InChI is InChI=1S/C14H22N2O3/c1-10(16-7-3-4-14(17)18)8-11-5-6-13(19-2)12(15)9-11/h5-6,9-10,16H,3-4,7-8,15H2,1-2H3,(H,17,18). The predicted octanol–water partition coefficient (Wildman–Crippen LogP) is 1.66. The second-order valence-electron chi connectivity index (χ2n) is 4.63. The zero-order valence-electron chi connectivity index (χ0n) is 11.5. The summed E-state index contributed by atoms with van der Waals surface area (Å²) in [6.07, 6.45) is 1.70. The van der Waals surface area contributed by atoms with Crippen molar-refractivity contribution < 1.29 is 14.6 Å². The van der Waals surface area contributed by atoms with Gasteiger partial charge >= 0.3 is 5.97 Å². The Morgan fingerprint density at radius 3 is 2.84 bits per heavy atom. The molecule has 0 aliphatic carbocycles. The van der Waals surface area contributed by atoms with Crippen molar-refractivity contribution in [2.24, 2.45) is 0 Å². The van der Waals surface area contributed by atoms with Crippen LogP contribution in [0.1, 0.15) is 25.3 Å². The number of nitrogens with one attached hydrogen (secondary N) is 1. The van der Waals surface area contributed by atoms with Crippen molar-refractivity contribution in [1.29, 1.82) is 0 Å². The van der Waals surface area contributed by atoms with Crippen LogP contribution in [0.3, 0.4) is 0 Å². The van der Waals surface area contributed by atoms with Crippen LogP contribution in [0.25, 0.3) is 0 Å². The number of carboxylic acids is 1. The van der Waals surface area contributed by atoms with Gasteiger partial charge in [0.05, 0.1) is 12.8 Å². The number of anilines is 1. The van der Waals surface area contributed by atoms with Gasteiger partial charge in [-0.05, 0) is 44.0 Å². The fraction of sp³-hybridized carbons (Fsp3) is 0.500. The quantitative estimate of drug-likeness (QED) is 0.492. The van der Waals surface area contributed by atoms with Gasteiger partial charge in [-0.3, -0.25) is 4.79 Å².